The normalized spacial score (nSPS) is 12.6. The van der Waals surface area contributed by atoms with Gasteiger partial charge in [0, 0.05) is 16.8 Å². The van der Waals surface area contributed by atoms with Gasteiger partial charge in [0.15, 0.2) is 5.78 Å². The van der Waals surface area contributed by atoms with Crippen molar-refractivity contribution in [2.24, 2.45) is 0 Å². The van der Waals surface area contributed by atoms with E-state index in [4.69, 9.17) is 0 Å². The van der Waals surface area contributed by atoms with Crippen LogP contribution in [0.5, 0.6) is 0 Å². The second-order valence-corrected chi connectivity index (χ2v) is 12.2. The first-order valence-electron chi connectivity index (χ1n) is 11.8. The molecule has 0 aromatic heterocycles. The van der Waals surface area contributed by atoms with Gasteiger partial charge in [0.2, 0.25) is 15.9 Å². The van der Waals surface area contributed by atoms with E-state index in [1.54, 1.807) is 43.3 Å². The summed E-state index contributed by atoms with van der Waals surface area (Å²) in [6, 6.07) is 18.6. The van der Waals surface area contributed by atoms with Crippen molar-refractivity contribution >= 4 is 33.1 Å². The standard InChI is InChI=1S/C29H34N2O4S/c1-19-15-20(2)17-26(16-19)31(36(7,34)35)21(3)28(33)30-25-10-8-9-23(18-25)27(32)22-11-13-24(14-12-22)29(4,5)6/h8-18,21H,1-7H3,(H,30,33). The van der Waals surface area contributed by atoms with Crippen LogP contribution in [0.2, 0.25) is 0 Å². The van der Waals surface area contributed by atoms with E-state index in [1.807, 2.05) is 44.2 Å². The number of carbonyl (C=O) groups is 2. The molecule has 1 amide bonds. The van der Waals surface area contributed by atoms with Crippen molar-refractivity contribution in [3.8, 4) is 0 Å². The van der Waals surface area contributed by atoms with Gasteiger partial charge < -0.3 is 5.32 Å². The average molecular weight is 507 g/mol. The van der Waals surface area contributed by atoms with Crippen molar-refractivity contribution in [1.29, 1.82) is 0 Å². The number of carbonyl (C=O) groups excluding carboxylic acids is 2. The molecule has 0 spiro atoms. The minimum absolute atomic E-state index is 0.0144. The second-order valence-electron chi connectivity index (χ2n) is 10.3. The molecule has 0 aliphatic carbocycles. The van der Waals surface area contributed by atoms with Crippen LogP contribution in [0.3, 0.4) is 0 Å². The van der Waals surface area contributed by atoms with Crippen LogP contribution in [0.1, 0.15) is 60.3 Å². The summed E-state index contributed by atoms with van der Waals surface area (Å²) in [4.78, 5) is 26.2. The maximum atomic E-state index is 13.1. The van der Waals surface area contributed by atoms with E-state index in [-0.39, 0.29) is 11.2 Å². The summed E-state index contributed by atoms with van der Waals surface area (Å²) in [6.07, 6.45) is 1.08. The molecule has 0 radical (unpaired) electrons. The first kappa shape index (κ1) is 27.1. The number of nitrogens with zero attached hydrogens (tertiary/aromatic N) is 1. The number of sulfonamides is 1. The van der Waals surface area contributed by atoms with E-state index in [1.165, 1.54) is 0 Å². The molecule has 3 aromatic rings. The summed E-state index contributed by atoms with van der Waals surface area (Å²) in [5.41, 5.74) is 4.74. The number of ketones is 1. The van der Waals surface area contributed by atoms with E-state index < -0.39 is 22.0 Å². The van der Waals surface area contributed by atoms with Gasteiger partial charge in [-0.1, -0.05) is 63.2 Å². The maximum absolute atomic E-state index is 13.1. The molecule has 3 rings (SSSR count). The lowest BCUT2D eigenvalue weighted by molar-refractivity contribution is -0.116. The molecular formula is C29H34N2O4S. The highest BCUT2D eigenvalue weighted by Gasteiger charge is 2.29. The van der Waals surface area contributed by atoms with Gasteiger partial charge in [-0.15, -0.1) is 0 Å². The fourth-order valence-electron chi connectivity index (χ4n) is 4.16. The summed E-state index contributed by atoms with van der Waals surface area (Å²) in [5.74, 6) is -0.661. The van der Waals surface area contributed by atoms with E-state index in [0.717, 1.165) is 27.3 Å². The Morgan fingerprint density at radius 3 is 1.97 bits per heavy atom. The predicted molar refractivity (Wildman–Crippen MR) is 146 cm³/mol. The molecule has 0 saturated carbocycles. The summed E-state index contributed by atoms with van der Waals surface area (Å²) in [7, 11) is -3.74. The van der Waals surface area contributed by atoms with Crippen LogP contribution in [0.4, 0.5) is 11.4 Å². The highest BCUT2D eigenvalue weighted by atomic mass is 32.2. The molecule has 36 heavy (non-hydrogen) atoms. The van der Waals surface area contributed by atoms with Crippen molar-refractivity contribution in [2.75, 3.05) is 15.9 Å². The molecule has 0 fully saturated rings. The Morgan fingerprint density at radius 1 is 0.861 bits per heavy atom. The molecule has 1 unspecified atom stereocenters. The number of aryl methyl sites for hydroxylation is 2. The molecule has 7 heteroatoms. The lowest BCUT2D eigenvalue weighted by atomic mass is 9.86. The molecule has 1 N–H and O–H groups in total. The molecule has 0 saturated heterocycles. The smallest absolute Gasteiger partial charge is 0.247 e. The summed E-state index contributed by atoms with van der Waals surface area (Å²) in [5, 5.41) is 2.77. The fraction of sp³-hybridized carbons (Fsp3) is 0.310. The highest BCUT2D eigenvalue weighted by Crippen LogP contribution is 2.26. The maximum Gasteiger partial charge on any atom is 0.247 e. The minimum Gasteiger partial charge on any atom is -0.324 e. The van der Waals surface area contributed by atoms with Crippen molar-refractivity contribution in [3.05, 3.63) is 94.5 Å². The number of anilines is 2. The molecule has 0 bridgehead atoms. The monoisotopic (exact) mass is 506 g/mol. The van der Waals surface area contributed by atoms with Crippen LogP contribution in [-0.2, 0) is 20.2 Å². The SMILES string of the molecule is Cc1cc(C)cc(N(C(C)C(=O)Nc2cccc(C(=O)c3ccc(C(C)(C)C)cc3)c2)S(C)(=O)=O)c1. The largest absolute Gasteiger partial charge is 0.324 e. The number of hydrogen-bond acceptors (Lipinski definition) is 4. The van der Waals surface area contributed by atoms with Crippen molar-refractivity contribution < 1.29 is 18.0 Å². The van der Waals surface area contributed by atoms with Crippen LogP contribution in [0, 0.1) is 13.8 Å². The third kappa shape index (κ3) is 6.40. The molecule has 3 aromatic carbocycles. The van der Waals surface area contributed by atoms with Gasteiger partial charge in [0.25, 0.3) is 0 Å². The van der Waals surface area contributed by atoms with Crippen LogP contribution in [0.25, 0.3) is 0 Å². The third-order valence-electron chi connectivity index (χ3n) is 5.95. The Kier molecular flexibility index (Phi) is 7.74. The molecule has 0 heterocycles. The third-order valence-corrected chi connectivity index (χ3v) is 7.20. The fourth-order valence-corrected chi connectivity index (χ4v) is 5.32. The molecular weight excluding hydrogens is 472 g/mol. The Bertz CT molecular complexity index is 1370. The van der Waals surface area contributed by atoms with Crippen LogP contribution in [0.15, 0.2) is 66.7 Å². The first-order valence-corrected chi connectivity index (χ1v) is 13.7. The first-order chi connectivity index (χ1) is 16.7. The summed E-state index contributed by atoms with van der Waals surface area (Å²) >= 11 is 0. The number of hydrogen-bond donors (Lipinski definition) is 1. The van der Waals surface area contributed by atoms with Gasteiger partial charge in [-0.25, -0.2) is 8.42 Å². The number of amides is 1. The van der Waals surface area contributed by atoms with Crippen LogP contribution >= 0.6 is 0 Å². The second kappa shape index (κ2) is 10.3. The van der Waals surface area contributed by atoms with Crippen LogP contribution < -0.4 is 9.62 Å². The zero-order valence-electron chi connectivity index (χ0n) is 21.9. The molecule has 190 valence electrons. The Balaban J connectivity index is 1.83. The summed E-state index contributed by atoms with van der Waals surface area (Å²) in [6.45, 7) is 11.6. The summed E-state index contributed by atoms with van der Waals surface area (Å²) < 4.78 is 26.4. The van der Waals surface area contributed by atoms with Gasteiger partial charge >= 0.3 is 0 Å². The average Bonchev–Trinajstić information content (AvgIpc) is 2.76. The van der Waals surface area contributed by atoms with Gasteiger partial charge in [-0.2, -0.15) is 0 Å². The zero-order valence-corrected chi connectivity index (χ0v) is 22.7. The Morgan fingerprint density at radius 2 is 1.44 bits per heavy atom. The quantitative estimate of drug-likeness (QED) is 0.421. The molecule has 0 aliphatic heterocycles. The van der Waals surface area contributed by atoms with E-state index in [9.17, 15) is 18.0 Å². The van der Waals surface area contributed by atoms with Gasteiger partial charge in [-0.3, -0.25) is 13.9 Å². The van der Waals surface area contributed by atoms with Gasteiger partial charge in [0.1, 0.15) is 6.04 Å². The number of benzene rings is 3. The number of nitrogens with one attached hydrogen (secondary N) is 1. The lowest BCUT2D eigenvalue weighted by Gasteiger charge is -2.29. The van der Waals surface area contributed by atoms with E-state index >= 15 is 0 Å². The number of rotatable bonds is 7. The highest BCUT2D eigenvalue weighted by molar-refractivity contribution is 7.92. The molecule has 6 nitrogen and oxygen atoms in total. The van der Waals surface area contributed by atoms with Crippen LogP contribution in [-0.4, -0.2) is 32.4 Å². The predicted octanol–water partition coefficient (Wildman–Crippen LogP) is 5.63. The van der Waals surface area contributed by atoms with E-state index in [2.05, 4.69) is 26.1 Å². The van der Waals surface area contributed by atoms with Crippen molar-refractivity contribution in [1.82, 2.24) is 0 Å². The molecule has 0 aliphatic rings. The van der Waals surface area contributed by atoms with Gasteiger partial charge in [-0.05, 0) is 67.1 Å². The zero-order chi connectivity index (χ0) is 26.8. The van der Waals surface area contributed by atoms with Crippen molar-refractivity contribution in [2.45, 2.75) is 53.0 Å². The topological polar surface area (TPSA) is 83.6 Å². The molecule has 1 atom stereocenters. The van der Waals surface area contributed by atoms with Gasteiger partial charge in [0.05, 0.1) is 11.9 Å². The van der Waals surface area contributed by atoms with Crippen molar-refractivity contribution in [3.63, 3.8) is 0 Å². The Hall–Kier alpha value is -3.45. The Labute approximate surface area is 214 Å². The van der Waals surface area contributed by atoms with E-state index in [0.29, 0.717) is 22.5 Å². The minimum atomic E-state index is -3.74. The lowest BCUT2D eigenvalue weighted by Crippen LogP contribution is -2.45.